The van der Waals surface area contributed by atoms with Gasteiger partial charge in [0.1, 0.15) is 0 Å². The quantitative estimate of drug-likeness (QED) is 0.313. The van der Waals surface area contributed by atoms with Gasteiger partial charge in [0.05, 0.1) is 13.0 Å². The Bertz CT molecular complexity index is 581. The molecule has 0 fully saturated rings. The lowest BCUT2D eigenvalue weighted by molar-refractivity contribution is -0.440. The number of methoxy groups -OCH3 is 1. The first kappa shape index (κ1) is 27.6. The van der Waals surface area contributed by atoms with Crippen LogP contribution in [0, 0.1) is 11.8 Å². The van der Waals surface area contributed by atoms with Crippen molar-refractivity contribution in [3.05, 3.63) is 0 Å². The second kappa shape index (κ2) is 8.00. The Morgan fingerprint density at radius 2 is 1.10 bits per heavy atom. The van der Waals surface area contributed by atoms with Crippen LogP contribution in [-0.2, 0) is 9.53 Å². The summed E-state index contributed by atoms with van der Waals surface area (Å²) in [5.74, 6) is -41.9. The molecular weight excluding hydrogens is 447 g/mol. The zero-order valence-corrected chi connectivity index (χ0v) is 14.8. The highest BCUT2D eigenvalue weighted by Gasteiger charge is 2.90. The molecule has 0 spiro atoms. The second-order valence-electron chi connectivity index (χ2n) is 6.55. The molecule has 0 aliphatic rings. The van der Waals surface area contributed by atoms with Crippen molar-refractivity contribution >= 4 is 5.97 Å². The summed E-state index contributed by atoms with van der Waals surface area (Å²) in [6.07, 6.45) is -10.7. The molecule has 15 heteroatoms. The summed E-state index contributed by atoms with van der Waals surface area (Å²) >= 11 is 0. The molecule has 0 aromatic rings. The molecule has 2 nitrogen and oxygen atoms in total. The van der Waals surface area contributed by atoms with Crippen LogP contribution in [0.15, 0.2) is 0 Å². The van der Waals surface area contributed by atoms with E-state index in [4.69, 9.17) is 0 Å². The summed E-state index contributed by atoms with van der Waals surface area (Å²) in [4.78, 5) is 11.4. The molecule has 0 amide bonds. The molecule has 0 aliphatic carbocycles. The summed E-state index contributed by atoms with van der Waals surface area (Å²) in [6, 6.07) is 0. The maximum atomic E-state index is 13.8. The summed E-state index contributed by atoms with van der Waals surface area (Å²) in [6.45, 7) is 2.53. The molecule has 0 saturated heterocycles. The van der Waals surface area contributed by atoms with Crippen molar-refractivity contribution in [2.75, 3.05) is 7.11 Å². The molecule has 1 unspecified atom stereocenters. The number of esters is 1. The third-order valence-corrected chi connectivity index (χ3v) is 3.79. The smallest absolute Gasteiger partial charge is 0.460 e. The standard InChI is InChI=1S/C14H15F13O2/c1-6(2)4-7(8(28)29-3)5-9(15,16)10(17,18)11(19,20)12(21,22)13(23,24)14(25,26)27/h6-7H,4-5H2,1-3H3. The van der Waals surface area contributed by atoms with Gasteiger partial charge in [-0.15, -0.1) is 0 Å². The van der Waals surface area contributed by atoms with E-state index in [1.165, 1.54) is 13.8 Å². The fourth-order valence-electron chi connectivity index (χ4n) is 2.24. The molecule has 0 aromatic heterocycles. The molecule has 0 heterocycles. The number of alkyl halides is 13. The number of hydrogen-bond acceptors (Lipinski definition) is 2. The summed E-state index contributed by atoms with van der Waals surface area (Å²) in [7, 11) is 0.596. The van der Waals surface area contributed by atoms with E-state index in [2.05, 4.69) is 4.74 Å². The van der Waals surface area contributed by atoms with Gasteiger partial charge in [0.2, 0.25) is 0 Å². The zero-order valence-electron chi connectivity index (χ0n) is 14.8. The fraction of sp³-hybridized carbons (Fsp3) is 0.929. The van der Waals surface area contributed by atoms with E-state index in [-0.39, 0.29) is 0 Å². The number of carbonyl (C=O) groups excluding carboxylic acids is 1. The molecule has 0 rings (SSSR count). The molecule has 0 saturated carbocycles. The van der Waals surface area contributed by atoms with E-state index in [1.54, 1.807) is 0 Å². The number of halogens is 13. The van der Waals surface area contributed by atoms with Crippen molar-refractivity contribution < 1.29 is 66.6 Å². The third-order valence-electron chi connectivity index (χ3n) is 3.79. The van der Waals surface area contributed by atoms with Gasteiger partial charge in [-0.2, -0.15) is 57.1 Å². The number of carbonyl (C=O) groups is 1. The Labute approximate surface area is 155 Å². The second-order valence-corrected chi connectivity index (χ2v) is 6.55. The maximum Gasteiger partial charge on any atom is 0.460 e. The number of rotatable bonds is 9. The van der Waals surface area contributed by atoms with Crippen molar-refractivity contribution in [1.29, 1.82) is 0 Å². The molecule has 1 atom stereocenters. The first-order valence-electron chi connectivity index (χ1n) is 7.54. The van der Waals surface area contributed by atoms with E-state index >= 15 is 0 Å². The van der Waals surface area contributed by atoms with Crippen LogP contribution >= 0.6 is 0 Å². The number of hydrogen-bond donors (Lipinski definition) is 0. The normalized spacial score (nSPS) is 16.2. The topological polar surface area (TPSA) is 26.3 Å². The van der Waals surface area contributed by atoms with Gasteiger partial charge in [0.15, 0.2) is 0 Å². The van der Waals surface area contributed by atoms with Crippen LogP contribution < -0.4 is 0 Å². The van der Waals surface area contributed by atoms with Crippen LogP contribution in [0.1, 0.15) is 26.7 Å². The highest BCUT2D eigenvalue weighted by atomic mass is 19.4. The Hall–Kier alpha value is -1.44. The molecular formula is C14H15F13O2. The molecule has 0 aromatic carbocycles. The maximum absolute atomic E-state index is 13.8. The van der Waals surface area contributed by atoms with Gasteiger partial charge < -0.3 is 4.74 Å². The van der Waals surface area contributed by atoms with Gasteiger partial charge >= 0.3 is 41.8 Å². The third kappa shape index (κ3) is 4.67. The van der Waals surface area contributed by atoms with Crippen LogP contribution in [-0.4, -0.2) is 48.9 Å². The van der Waals surface area contributed by atoms with Gasteiger partial charge in [-0.05, 0) is 12.3 Å². The van der Waals surface area contributed by atoms with Crippen molar-refractivity contribution in [2.45, 2.75) is 62.5 Å². The van der Waals surface area contributed by atoms with E-state index in [0.29, 0.717) is 7.11 Å². The van der Waals surface area contributed by atoms with Crippen molar-refractivity contribution in [1.82, 2.24) is 0 Å². The average Bonchev–Trinajstić information content (AvgIpc) is 2.50. The van der Waals surface area contributed by atoms with Gasteiger partial charge in [0, 0.05) is 6.42 Å². The van der Waals surface area contributed by atoms with Gasteiger partial charge in [0.25, 0.3) is 0 Å². The molecule has 0 aliphatic heterocycles. The Kier molecular flexibility index (Phi) is 7.61. The monoisotopic (exact) mass is 462 g/mol. The molecule has 29 heavy (non-hydrogen) atoms. The van der Waals surface area contributed by atoms with Crippen molar-refractivity contribution in [3.63, 3.8) is 0 Å². The van der Waals surface area contributed by atoms with E-state index < -0.39 is 66.4 Å². The Morgan fingerprint density at radius 1 is 0.724 bits per heavy atom. The van der Waals surface area contributed by atoms with Crippen LogP contribution in [0.4, 0.5) is 57.1 Å². The van der Waals surface area contributed by atoms with Crippen LogP contribution in [0.25, 0.3) is 0 Å². The molecule has 0 N–H and O–H groups in total. The predicted octanol–water partition coefficient (Wildman–Crippen LogP) is 5.95. The SMILES string of the molecule is COC(=O)C(CC(C)C)CC(F)(F)C(F)(F)C(F)(F)C(F)(F)C(F)(F)C(F)(F)F. The first-order valence-corrected chi connectivity index (χ1v) is 7.54. The first-order chi connectivity index (χ1) is 12.5. The van der Waals surface area contributed by atoms with Gasteiger partial charge in [-0.25, -0.2) is 0 Å². The largest absolute Gasteiger partial charge is 0.469 e. The molecule has 174 valence electrons. The van der Waals surface area contributed by atoms with Crippen molar-refractivity contribution in [3.8, 4) is 0 Å². The fourth-order valence-corrected chi connectivity index (χ4v) is 2.24. The minimum Gasteiger partial charge on any atom is -0.469 e. The van der Waals surface area contributed by atoms with E-state index in [1.807, 2.05) is 0 Å². The van der Waals surface area contributed by atoms with Crippen molar-refractivity contribution in [2.24, 2.45) is 11.8 Å². The average molecular weight is 462 g/mol. The van der Waals surface area contributed by atoms with Crippen LogP contribution in [0.3, 0.4) is 0 Å². The minimum absolute atomic E-state index is 0.596. The lowest BCUT2D eigenvalue weighted by Gasteiger charge is -2.40. The van der Waals surface area contributed by atoms with Crippen LogP contribution in [0.5, 0.6) is 0 Å². The minimum atomic E-state index is -7.95. The zero-order chi connectivity index (χ0) is 23.9. The molecule has 0 radical (unpaired) electrons. The summed E-state index contributed by atoms with van der Waals surface area (Å²) in [5, 5.41) is 0. The summed E-state index contributed by atoms with van der Waals surface area (Å²) in [5.41, 5.74) is 0. The highest BCUT2D eigenvalue weighted by Crippen LogP contribution is 2.61. The molecule has 0 bridgehead atoms. The van der Waals surface area contributed by atoms with E-state index in [9.17, 15) is 61.9 Å². The van der Waals surface area contributed by atoms with Crippen LogP contribution in [0.2, 0.25) is 0 Å². The summed E-state index contributed by atoms with van der Waals surface area (Å²) < 4.78 is 173. The lowest BCUT2D eigenvalue weighted by Crippen LogP contribution is -2.70. The Balaban J connectivity index is 6.24. The van der Waals surface area contributed by atoms with Gasteiger partial charge in [-0.3, -0.25) is 4.79 Å². The lowest BCUT2D eigenvalue weighted by atomic mass is 9.86. The van der Waals surface area contributed by atoms with E-state index in [0.717, 1.165) is 0 Å². The number of ether oxygens (including phenoxy) is 1. The predicted molar refractivity (Wildman–Crippen MR) is 70.4 cm³/mol. The Morgan fingerprint density at radius 3 is 1.41 bits per heavy atom. The highest BCUT2D eigenvalue weighted by molar-refractivity contribution is 5.72. The van der Waals surface area contributed by atoms with Gasteiger partial charge in [-0.1, -0.05) is 13.8 Å².